The Morgan fingerprint density at radius 1 is 1.20 bits per heavy atom. The summed E-state index contributed by atoms with van der Waals surface area (Å²) in [6, 6.07) is 11.9. The molecule has 1 amide bonds. The highest BCUT2D eigenvalue weighted by Crippen LogP contribution is 2.24. The van der Waals surface area contributed by atoms with Crippen LogP contribution in [0.2, 0.25) is 0 Å². The lowest BCUT2D eigenvalue weighted by Crippen LogP contribution is -2.26. The number of amides is 1. The number of carbonyl (C=O) groups excluding carboxylic acids is 1. The Labute approximate surface area is 115 Å². The second-order valence-electron chi connectivity index (χ2n) is 4.16. The van der Waals surface area contributed by atoms with Crippen LogP contribution >= 0.6 is 0 Å². The van der Waals surface area contributed by atoms with Gasteiger partial charge in [0, 0.05) is 24.9 Å². The third-order valence-electron chi connectivity index (χ3n) is 2.85. The number of hydrogen-bond donors (Lipinski definition) is 1. The average molecular weight is 272 g/mol. The van der Waals surface area contributed by atoms with Crippen LogP contribution in [-0.4, -0.2) is 23.0 Å². The molecule has 0 atom stereocenters. The lowest BCUT2D eigenvalue weighted by molar-refractivity contribution is -0.385. The van der Waals surface area contributed by atoms with Crippen LogP contribution in [0.15, 0.2) is 48.5 Å². The molecule has 0 spiro atoms. The van der Waals surface area contributed by atoms with Gasteiger partial charge >= 0.3 is 0 Å². The quantitative estimate of drug-likeness (QED) is 0.687. The number of para-hydroxylation sites is 1. The highest BCUT2D eigenvalue weighted by Gasteiger charge is 2.22. The summed E-state index contributed by atoms with van der Waals surface area (Å²) in [6.07, 6.45) is 0. The molecular formula is C14H12N2O4. The SMILES string of the molecule is CN(C(=O)c1ccccc1[N+](=O)[O-])c1cccc(O)c1. The number of anilines is 1. The molecule has 0 radical (unpaired) electrons. The van der Waals surface area contributed by atoms with E-state index in [2.05, 4.69) is 0 Å². The van der Waals surface area contributed by atoms with Crippen LogP contribution in [0.5, 0.6) is 5.75 Å². The normalized spacial score (nSPS) is 10.1. The third kappa shape index (κ3) is 2.59. The Morgan fingerprint density at radius 3 is 2.55 bits per heavy atom. The van der Waals surface area contributed by atoms with E-state index in [-0.39, 0.29) is 17.0 Å². The number of aromatic hydroxyl groups is 1. The molecular weight excluding hydrogens is 260 g/mol. The summed E-state index contributed by atoms with van der Waals surface area (Å²) in [4.78, 5) is 23.9. The number of nitrogens with zero attached hydrogens (tertiary/aromatic N) is 2. The molecule has 0 bridgehead atoms. The molecule has 102 valence electrons. The lowest BCUT2D eigenvalue weighted by atomic mass is 10.1. The molecule has 6 heteroatoms. The van der Waals surface area contributed by atoms with E-state index < -0.39 is 10.8 Å². The van der Waals surface area contributed by atoms with E-state index in [1.54, 1.807) is 18.2 Å². The first kappa shape index (κ1) is 13.5. The van der Waals surface area contributed by atoms with Crippen LogP contribution in [-0.2, 0) is 0 Å². The maximum atomic E-state index is 12.3. The largest absolute Gasteiger partial charge is 0.508 e. The smallest absolute Gasteiger partial charge is 0.282 e. The van der Waals surface area contributed by atoms with Crippen LogP contribution in [0, 0.1) is 10.1 Å². The van der Waals surface area contributed by atoms with Crippen molar-refractivity contribution in [2.45, 2.75) is 0 Å². The molecule has 0 aromatic heterocycles. The number of hydrogen-bond acceptors (Lipinski definition) is 4. The predicted octanol–water partition coefficient (Wildman–Crippen LogP) is 2.58. The summed E-state index contributed by atoms with van der Waals surface area (Å²) < 4.78 is 0. The minimum atomic E-state index is -0.594. The van der Waals surface area contributed by atoms with Crippen molar-refractivity contribution in [3.8, 4) is 5.75 Å². The van der Waals surface area contributed by atoms with E-state index in [1.807, 2.05) is 0 Å². The first-order valence-corrected chi connectivity index (χ1v) is 5.81. The Balaban J connectivity index is 2.39. The second-order valence-corrected chi connectivity index (χ2v) is 4.16. The molecule has 0 aliphatic rings. The molecule has 0 unspecified atom stereocenters. The van der Waals surface area contributed by atoms with Crippen molar-refractivity contribution >= 4 is 17.3 Å². The molecule has 20 heavy (non-hydrogen) atoms. The fourth-order valence-electron chi connectivity index (χ4n) is 1.81. The van der Waals surface area contributed by atoms with Gasteiger partial charge in [-0.2, -0.15) is 0 Å². The van der Waals surface area contributed by atoms with Gasteiger partial charge in [-0.15, -0.1) is 0 Å². The van der Waals surface area contributed by atoms with E-state index in [1.165, 1.54) is 42.3 Å². The van der Waals surface area contributed by atoms with Crippen LogP contribution in [0.3, 0.4) is 0 Å². The maximum Gasteiger partial charge on any atom is 0.282 e. The molecule has 2 aromatic carbocycles. The van der Waals surface area contributed by atoms with Gasteiger partial charge in [0.1, 0.15) is 11.3 Å². The van der Waals surface area contributed by atoms with Crippen molar-refractivity contribution in [2.75, 3.05) is 11.9 Å². The minimum Gasteiger partial charge on any atom is -0.508 e. The van der Waals surface area contributed by atoms with Crippen molar-refractivity contribution in [1.82, 2.24) is 0 Å². The maximum absolute atomic E-state index is 12.3. The Hall–Kier alpha value is -2.89. The molecule has 2 rings (SSSR count). The number of benzene rings is 2. The number of nitro benzene ring substituents is 1. The first-order chi connectivity index (χ1) is 9.50. The topological polar surface area (TPSA) is 83.7 Å². The zero-order valence-electron chi connectivity index (χ0n) is 10.7. The predicted molar refractivity (Wildman–Crippen MR) is 73.9 cm³/mol. The average Bonchev–Trinajstić information content (AvgIpc) is 2.45. The Kier molecular flexibility index (Phi) is 3.65. The molecule has 1 N–H and O–H groups in total. The molecule has 0 fully saturated rings. The van der Waals surface area contributed by atoms with Gasteiger partial charge in [0.25, 0.3) is 11.6 Å². The summed E-state index contributed by atoms with van der Waals surface area (Å²) in [5.74, 6) is -0.493. The van der Waals surface area contributed by atoms with Crippen molar-refractivity contribution in [1.29, 1.82) is 0 Å². The van der Waals surface area contributed by atoms with Crippen LogP contribution in [0.25, 0.3) is 0 Å². The fraction of sp³-hybridized carbons (Fsp3) is 0.0714. The van der Waals surface area contributed by atoms with Gasteiger partial charge in [0.15, 0.2) is 0 Å². The number of phenolic OH excluding ortho intramolecular Hbond substituents is 1. The van der Waals surface area contributed by atoms with E-state index in [9.17, 15) is 20.0 Å². The van der Waals surface area contributed by atoms with Gasteiger partial charge in [-0.1, -0.05) is 18.2 Å². The highest BCUT2D eigenvalue weighted by atomic mass is 16.6. The summed E-state index contributed by atoms with van der Waals surface area (Å²) in [7, 11) is 1.49. The van der Waals surface area contributed by atoms with E-state index >= 15 is 0 Å². The monoisotopic (exact) mass is 272 g/mol. The van der Waals surface area contributed by atoms with Crippen molar-refractivity contribution in [3.63, 3.8) is 0 Å². The van der Waals surface area contributed by atoms with Gasteiger partial charge in [0.05, 0.1) is 4.92 Å². The zero-order valence-corrected chi connectivity index (χ0v) is 10.7. The van der Waals surface area contributed by atoms with Gasteiger partial charge in [-0.05, 0) is 18.2 Å². The van der Waals surface area contributed by atoms with Crippen LogP contribution in [0.4, 0.5) is 11.4 Å². The molecule has 0 aliphatic carbocycles. The fourth-order valence-corrected chi connectivity index (χ4v) is 1.81. The molecule has 0 heterocycles. The van der Waals surface area contributed by atoms with E-state index in [4.69, 9.17) is 0 Å². The van der Waals surface area contributed by atoms with E-state index in [0.717, 1.165) is 0 Å². The summed E-state index contributed by atoms with van der Waals surface area (Å²) in [5.41, 5.74) is 0.209. The Bertz CT molecular complexity index is 670. The van der Waals surface area contributed by atoms with E-state index in [0.29, 0.717) is 5.69 Å². The zero-order chi connectivity index (χ0) is 14.7. The van der Waals surface area contributed by atoms with Gasteiger partial charge < -0.3 is 10.0 Å². The Morgan fingerprint density at radius 2 is 1.90 bits per heavy atom. The van der Waals surface area contributed by atoms with Crippen LogP contribution < -0.4 is 4.90 Å². The first-order valence-electron chi connectivity index (χ1n) is 5.81. The summed E-state index contributed by atoms with van der Waals surface area (Å²) in [6.45, 7) is 0. The summed E-state index contributed by atoms with van der Waals surface area (Å²) in [5, 5.41) is 20.3. The molecule has 0 saturated heterocycles. The number of nitro groups is 1. The number of phenols is 1. The second kappa shape index (κ2) is 5.40. The molecule has 0 aliphatic heterocycles. The number of rotatable bonds is 3. The molecule has 6 nitrogen and oxygen atoms in total. The minimum absolute atomic E-state index is 0.00310. The van der Waals surface area contributed by atoms with Crippen molar-refractivity contribution in [2.24, 2.45) is 0 Å². The molecule has 2 aromatic rings. The van der Waals surface area contributed by atoms with Crippen molar-refractivity contribution in [3.05, 3.63) is 64.2 Å². The van der Waals surface area contributed by atoms with Gasteiger partial charge in [0.2, 0.25) is 0 Å². The number of carbonyl (C=O) groups is 1. The summed E-state index contributed by atoms with van der Waals surface area (Å²) >= 11 is 0. The van der Waals surface area contributed by atoms with Gasteiger partial charge in [-0.25, -0.2) is 0 Å². The molecule has 0 saturated carbocycles. The van der Waals surface area contributed by atoms with Crippen molar-refractivity contribution < 1.29 is 14.8 Å². The highest BCUT2D eigenvalue weighted by molar-refractivity contribution is 6.08. The van der Waals surface area contributed by atoms with Gasteiger partial charge in [-0.3, -0.25) is 14.9 Å². The standard InChI is InChI=1S/C14H12N2O4/c1-15(10-5-4-6-11(17)9-10)14(18)12-7-2-3-8-13(12)16(19)20/h2-9,17H,1H3. The third-order valence-corrected chi connectivity index (χ3v) is 2.85. The lowest BCUT2D eigenvalue weighted by Gasteiger charge is -2.17. The van der Waals surface area contributed by atoms with Crippen LogP contribution in [0.1, 0.15) is 10.4 Å².